The van der Waals surface area contributed by atoms with Crippen molar-refractivity contribution >= 4 is 28.3 Å². The van der Waals surface area contributed by atoms with Crippen molar-refractivity contribution in [3.63, 3.8) is 0 Å². The first-order chi connectivity index (χ1) is 22.2. The number of hydrogen-bond donors (Lipinski definition) is 2. The van der Waals surface area contributed by atoms with E-state index in [0.717, 1.165) is 59.8 Å². The van der Waals surface area contributed by atoms with Crippen LogP contribution in [0.2, 0.25) is 0 Å². The number of carbonyl (C=O) groups is 1. The monoisotopic (exact) mass is 616 g/mol. The molecule has 0 atom stereocenters. The zero-order chi connectivity index (χ0) is 33.2. The van der Waals surface area contributed by atoms with Crippen LogP contribution >= 0.6 is 0 Å². The zero-order valence-electron chi connectivity index (χ0n) is 28.2. The average molecular weight is 617 g/mol. The van der Waals surface area contributed by atoms with Gasteiger partial charge >= 0.3 is 0 Å². The second-order valence-electron chi connectivity index (χ2n) is 11.6. The Morgan fingerprint density at radius 2 is 0.891 bits per heavy atom. The molecule has 2 N–H and O–H groups in total. The third kappa shape index (κ3) is 7.89. The number of anilines is 2. The van der Waals surface area contributed by atoms with Gasteiger partial charge < -0.3 is 20.0 Å². The predicted molar refractivity (Wildman–Crippen MR) is 194 cm³/mol. The maximum atomic E-state index is 14.9. The highest BCUT2D eigenvalue weighted by Crippen LogP contribution is 2.37. The number of rotatable bonds is 14. The molecule has 0 spiro atoms. The van der Waals surface area contributed by atoms with E-state index in [4.69, 9.17) is 0 Å². The van der Waals surface area contributed by atoms with Gasteiger partial charge in [-0.2, -0.15) is 0 Å². The fraction of sp³-hybridized carbons (Fsp3) is 0.293. The van der Waals surface area contributed by atoms with Crippen molar-refractivity contribution in [1.29, 1.82) is 0 Å². The smallest absolute Gasteiger partial charge is 0.186 e. The molecular weight excluding hydrogens is 568 g/mol. The highest BCUT2D eigenvalue weighted by molar-refractivity contribution is 6.17. The van der Waals surface area contributed by atoms with Gasteiger partial charge in [0.2, 0.25) is 0 Å². The molecule has 0 aromatic heterocycles. The van der Waals surface area contributed by atoms with Gasteiger partial charge in [0.1, 0.15) is 11.5 Å². The van der Waals surface area contributed by atoms with Gasteiger partial charge in [-0.1, -0.05) is 60.7 Å². The molecule has 4 rings (SSSR count). The van der Waals surface area contributed by atoms with Crippen LogP contribution in [0.1, 0.15) is 63.8 Å². The van der Waals surface area contributed by atoms with Crippen LogP contribution in [0, 0.1) is 0 Å². The molecular formula is C41H48N2O3. The molecule has 0 amide bonds. The van der Waals surface area contributed by atoms with E-state index in [1.54, 1.807) is 12.1 Å². The second-order valence-corrected chi connectivity index (χ2v) is 11.6. The van der Waals surface area contributed by atoms with Gasteiger partial charge in [-0.3, -0.25) is 4.79 Å². The normalized spacial score (nSPS) is 12.3. The van der Waals surface area contributed by atoms with Crippen LogP contribution in [0.4, 0.5) is 11.4 Å². The lowest BCUT2D eigenvalue weighted by atomic mass is 9.85. The summed E-state index contributed by atoms with van der Waals surface area (Å²) in [5.74, 6) is 0.201. The number of aromatic hydroxyl groups is 2. The number of carbonyl (C=O) groups excluding carboxylic acids is 1. The van der Waals surface area contributed by atoms with Crippen molar-refractivity contribution in [3.05, 3.63) is 130 Å². The van der Waals surface area contributed by atoms with Gasteiger partial charge in [-0.25, -0.2) is 0 Å². The van der Waals surface area contributed by atoms with Crippen molar-refractivity contribution in [2.75, 3.05) is 36.0 Å². The summed E-state index contributed by atoms with van der Waals surface area (Å²) in [5, 5.41) is 22.6. The summed E-state index contributed by atoms with van der Waals surface area (Å²) in [6.07, 6.45) is 0.808. The molecule has 4 aromatic rings. The van der Waals surface area contributed by atoms with E-state index in [1.165, 1.54) is 0 Å². The van der Waals surface area contributed by atoms with Crippen LogP contribution in [-0.2, 0) is 17.6 Å². The lowest BCUT2D eigenvalue weighted by molar-refractivity contribution is -0.112. The third-order valence-electron chi connectivity index (χ3n) is 8.93. The van der Waals surface area contributed by atoms with Crippen LogP contribution in [0.25, 0.3) is 11.1 Å². The minimum absolute atomic E-state index is 0.0952. The molecule has 0 unspecified atom stereocenters. The van der Waals surface area contributed by atoms with Crippen molar-refractivity contribution in [2.24, 2.45) is 0 Å². The van der Waals surface area contributed by atoms with Gasteiger partial charge in [0, 0.05) is 84.8 Å². The lowest BCUT2D eigenvalue weighted by Crippen LogP contribution is -2.21. The second kappa shape index (κ2) is 16.0. The van der Waals surface area contributed by atoms with E-state index < -0.39 is 0 Å². The largest absolute Gasteiger partial charge is 0.507 e. The minimum Gasteiger partial charge on any atom is -0.507 e. The maximum absolute atomic E-state index is 14.9. The number of Topliss-reactive ketones (excluding diaryl/α,β-unsaturated/α-hetero) is 1. The average Bonchev–Trinajstić information content (AvgIpc) is 3.07. The first-order valence-electron chi connectivity index (χ1n) is 16.4. The Morgan fingerprint density at radius 1 is 0.543 bits per heavy atom. The van der Waals surface area contributed by atoms with E-state index in [2.05, 4.69) is 37.5 Å². The van der Waals surface area contributed by atoms with Gasteiger partial charge in [0.15, 0.2) is 5.78 Å². The van der Waals surface area contributed by atoms with E-state index in [-0.39, 0.29) is 17.3 Å². The first kappa shape index (κ1) is 34.1. The van der Waals surface area contributed by atoms with Crippen LogP contribution in [0.15, 0.2) is 108 Å². The van der Waals surface area contributed by atoms with Crippen LogP contribution in [0.3, 0.4) is 0 Å². The molecule has 0 fully saturated rings. The number of benzene rings is 4. The molecule has 5 heteroatoms. The summed E-state index contributed by atoms with van der Waals surface area (Å²) in [4.78, 5) is 19.3. The SMILES string of the molecule is CCN(CC)c1ccc(C(C)=C(Cc2ccccc2)C(=O)C(Cc2ccccc2)=C(C)c2ccc(N(CC)CC)cc2O)c(O)c1. The molecule has 0 aliphatic rings. The highest BCUT2D eigenvalue weighted by Gasteiger charge is 2.24. The van der Waals surface area contributed by atoms with Crippen molar-refractivity contribution in [2.45, 2.75) is 54.4 Å². The zero-order valence-corrected chi connectivity index (χ0v) is 28.2. The summed E-state index contributed by atoms with van der Waals surface area (Å²) in [7, 11) is 0. The number of phenolic OH excluding ortho intramolecular Hbond substituents is 2. The molecule has 0 saturated heterocycles. The molecule has 0 saturated carbocycles. The summed E-state index contributed by atoms with van der Waals surface area (Å²) in [5.41, 5.74) is 7.87. The minimum atomic E-state index is -0.0952. The highest BCUT2D eigenvalue weighted by atomic mass is 16.3. The molecule has 0 heterocycles. The van der Waals surface area contributed by atoms with Gasteiger partial charge in [-0.15, -0.1) is 0 Å². The van der Waals surface area contributed by atoms with Crippen molar-refractivity contribution in [1.82, 2.24) is 0 Å². The number of nitrogens with zero attached hydrogens (tertiary/aromatic N) is 2. The van der Waals surface area contributed by atoms with Gasteiger partial charge in [0.05, 0.1) is 0 Å². The van der Waals surface area contributed by atoms with Gasteiger partial charge in [0.25, 0.3) is 0 Å². The molecule has 0 radical (unpaired) electrons. The van der Waals surface area contributed by atoms with Crippen LogP contribution in [0.5, 0.6) is 11.5 Å². The molecule has 0 aliphatic carbocycles. The molecule has 5 nitrogen and oxygen atoms in total. The number of hydrogen-bond acceptors (Lipinski definition) is 5. The standard InChI is InChI=1S/C41H48N2O3/c1-7-42(8-2)33-21-23-35(39(44)27-33)29(5)37(25-31-17-13-11-14-18-31)41(46)38(26-32-19-15-12-16-20-32)30(6)36-24-22-34(28-40(36)45)43(9-3)10-4/h11-24,27-28,44-45H,7-10,25-26H2,1-6H3. The molecule has 0 aliphatic heterocycles. The van der Waals surface area contributed by atoms with E-state index >= 15 is 0 Å². The Bertz CT molecular complexity index is 1560. The van der Waals surface area contributed by atoms with Gasteiger partial charge in [-0.05, 0) is 88.1 Å². The summed E-state index contributed by atoms with van der Waals surface area (Å²) >= 11 is 0. The Kier molecular flexibility index (Phi) is 11.9. The van der Waals surface area contributed by atoms with E-state index in [1.807, 2.05) is 98.8 Å². The topological polar surface area (TPSA) is 64.0 Å². The van der Waals surface area contributed by atoms with E-state index in [9.17, 15) is 15.0 Å². The lowest BCUT2D eigenvalue weighted by Gasteiger charge is -2.23. The Hall–Kier alpha value is -4.77. The summed E-state index contributed by atoms with van der Waals surface area (Å²) in [6, 6.07) is 31.4. The number of allylic oxidation sites excluding steroid dienone is 4. The quantitative estimate of drug-likeness (QED) is 0.138. The molecule has 0 bridgehead atoms. The molecule has 4 aromatic carbocycles. The van der Waals surface area contributed by atoms with Crippen molar-refractivity contribution in [3.8, 4) is 11.5 Å². The van der Waals surface area contributed by atoms with Crippen LogP contribution in [-0.4, -0.2) is 42.2 Å². The summed E-state index contributed by atoms with van der Waals surface area (Å²) < 4.78 is 0. The number of ketones is 1. The molecule has 240 valence electrons. The fourth-order valence-electron chi connectivity index (χ4n) is 6.12. The third-order valence-corrected chi connectivity index (χ3v) is 8.93. The number of phenols is 2. The Labute approximate surface area is 275 Å². The summed E-state index contributed by atoms with van der Waals surface area (Å²) in [6.45, 7) is 15.5. The maximum Gasteiger partial charge on any atom is 0.186 e. The first-order valence-corrected chi connectivity index (χ1v) is 16.4. The fourth-order valence-corrected chi connectivity index (χ4v) is 6.12. The van der Waals surface area contributed by atoms with Crippen LogP contribution < -0.4 is 9.80 Å². The Balaban J connectivity index is 1.91. The van der Waals surface area contributed by atoms with Crippen molar-refractivity contribution < 1.29 is 15.0 Å². The Morgan fingerprint density at radius 3 is 1.20 bits per heavy atom. The predicted octanol–water partition coefficient (Wildman–Crippen LogP) is 9.09. The molecule has 46 heavy (non-hydrogen) atoms. The van der Waals surface area contributed by atoms with E-state index in [0.29, 0.717) is 35.1 Å².